The van der Waals surface area contributed by atoms with Crippen molar-refractivity contribution in [1.29, 1.82) is 0 Å². The Morgan fingerprint density at radius 1 is 1.14 bits per heavy atom. The standard InChI is InChI=1S/C14H22N2O4S/c1-19-12-8-11(10-16-6-4-15-5-7-16)14(21(3,17)18)9-13(12)20-2/h8-9,15H,4-7,10H2,1-3H3. The Balaban J connectivity index is 2.41. The maximum atomic E-state index is 12.0. The van der Waals surface area contributed by atoms with Crippen LogP contribution in [-0.4, -0.2) is 60.0 Å². The predicted octanol–water partition coefficient (Wildman–Crippen LogP) is 0.513. The summed E-state index contributed by atoms with van der Waals surface area (Å²) in [6.07, 6.45) is 1.22. The first-order valence-electron chi connectivity index (χ1n) is 6.83. The number of benzene rings is 1. The van der Waals surface area contributed by atoms with Crippen molar-refractivity contribution in [3.05, 3.63) is 17.7 Å². The van der Waals surface area contributed by atoms with E-state index in [0.717, 1.165) is 31.7 Å². The van der Waals surface area contributed by atoms with Gasteiger partial charge < -0.3 is 14.8 Å². The number of hydrogen-bond acceptors (Lipinski definition) is 6. The highest BCUT2D eigenvalue weighted by Gasteiger charge is 2.20. The third-order valence-electron chi connectivity index (χ3n) is 3.57. The highest BCUT2D eigenvalue weighted by atomic mass is 32.2. The molecule has 2 rings (SSSR count). The molecule has 1 aliphatic rings. The van der Waals surface area contributed by atoms with E-state index in [4.69, 9.17) is 9.47 Å². The monoisotopic (exact) mass is 314 g/mol. The molecule has 0 atom stereocenters. The van der Waals surface area contributed by atoms with Gasteiger partial charge in [-0.1, -0.05) is 0 Å². The minimum Gasteiger partial charge on any atom is -0.493 e. The molecule has 0 amide bonds. The molecular weight excluding hydrogens is 292 g/mol. The zero-order valence-electron chi connectivity index (χ0n) is 12.7. The van der Waals surface area contributed by atoms with Gasteiger partial charge in [-0.15, -0.1) is 0 Å². The molecular formula is C14H22N2O4S. The first kappa shape index (κ1) is 16.1. The Morgan fingerprint density at radius 3 is 2.24 bits per heavy atom. The lowest BCUT2D eigenvalue weighted by Crippen LogP contribution is -2.43. The minimum absolute atomic E-state index is 0.304. The Morgan fingerprint density at radius 2 is 1.71 bits per heavy atom. The lowest BCUT2D eigenvalue weighted by atomic mass is 10.1. The summed E-state index contributed by atoms with van der Waals surface area (Å²) in [6, 6.07) is 3.31. The molecule has 0 bridgehead atoms. The van der Waals surface area contributed by atoms with Crippen LogP contribution in [-0.2, 0) is 16.4 Å². The van der Waals surface area contributed by atoms with E-state index in [9.17, 15) is 8.42 Å². The lowest BCUT2D eigenvalue weighted by Gasteiger charge is -2.28. The van der Waals surface area contributed by atoms with E-state index in [1.165, 1.54) is 13.4 Å². The van der Waals surface area contributed by atoms with Crippen LogP contribution in [0.1, 0.15) is 5.56 Å². The summed E-state index contributed by atoms with van der Waals surface area (Å²) in [5.41, 5.74) is 0.747. The van der Waals surface area contributed by atoms with Crippen LogP contribution in [0.3, 0.4) is 0 Å². The van der Waals surface area contributed by atoms with Crippen LogP contribution in [0.2, 0.25) is 0 Å². The van der Waals surface area contributed by atoms with Crippen molar-refractivity contribution in [3.63, 3.8) is 0 Å². The molecule has 1 aromatic carbocycles. The quantitative estimate of drug-likeness (QED) is 0.854. The number of rotatable bonds is 5. The molecule has 0 aliphatic carbocycles. The van der Waals surface area contributed by atoms with Crippen molar-refractivity contribution in [2.45, 2.75) is 11.4 Å². The molecule has 118 valence electrons. The second-order valence-corrected chi connectivity index (χ2v) is 7.10. The molecule has 1 aromatic rings. The number of hydrogen-bond donors (Lipinski definition) is 1. The van der Waals surface area contributed by atoms with Gasteiger partial charge in [0.15, 0.2) is 21.3 Å². The zero-order valence-corrected chi connectivity index (χ0v) is 13.5. The predicted molar refractivity (Wildman–Crippen MR) is 80.8 cm³/mol. The van der Waals surface area contributed by atoms with Crippen molar-refractivity contribution >= 4 is 9.84 Å². The molecule has 1 N–H and O–H groups in total. The van der Waals surface area contributed by atoms with Crippen molar-refractivity contribution in [2.75, 3.05) is 46.7 Å². The Labute approximate surface area is 126 Å². The normalized spacial score (nSPS) is 16.7. The van der Waals surface area contributed by atoms with Crippen LogP contribution in [0.4, 0.5) is 0 Å². The molecule has 7 heteroatoms. The van der Waals surface area contributed by atoms with Gasteiger partial charge in [-0.05, 0) is 11.6 Å². The first-order valence-corrected chi connectivity index (χ1v) is 8.73. The molecule has 1 fully saturated rings. The van der Waals surface area contributed by atoms with Gasteiger partial charge >= 0.3 is 0 Å². The first-order chi connectivity index (χ1) is 9.95. The number of piperazine rings is 1. The van der Waals surface area contributed by atoms with Crippen molar-refractivity contribution in [3.8, 4) is 11.5 Å². The number of sulfone groups is 1. The molecule has 21 heavy (non-hydrogen) atoms. The maximum Gasteiger partial charge on any atom is 0.175 e. The average molecular weight is 314 g/mol. The third kappa shape index (κ3) is 3.87. The van der Waals surface area contributed by atoms with Gasteiger partial charge in [0.25, 0.3) is 0 Å². The fourth-order valence-corrected chi connectivity index (χ4v) is 3.40. The van der Waals surface area contributed by atoms with Crippen molar-refractivity contribution in [1.82, 2.24) is 10.2 Å². The third-order valence-corrected chi connectivity index (χ3v) is 4.75. The van der Waals surface area contributed by atoms with Gasteiger partial charge in [-0.3, -0.25) is 4.90 Å². The Kier molecular flexibility index (Phi) is 5.08. The van der Waals surface area contributed by atoms with E-state index in [0.29, 0.717) is 22.9 Å². The number of nitrogens with one attached hydrogen (secondary N) is 1. The fraction of sp³-hybridized carbons (Fsp3) is 0.571. The SMILES string of the molecule is COc1cc(CN2CCNCC2)c(S(C)(=O)=O)cc1OC. The van der Waals surface area contributed by atoms with Crippen LogP contribution in [0, 0.1) is 0 Å². The van der Waals surface area contributed by atoms with E-state index < -0.39 is 9.84 Å². The van der Waals surface area contributed by atoms with Gasteiger partial charge in [0, 0.05) is 45.0 Å². The highest BCUT2D eigenvalue weighted by Crippen LogP contribution is 2.33. The summed E-state index contributed by atoms with van der Waals surface area (Å²) in [5.74, 6) is 0.983. The molecule has 0 unspecified atom stereocenters. The number of ether oxygens (including phenoxy) is 2. The largest absolute Gasteiger partial charge is 0.493 e. The summed E-state index contributed by atoms with van der Waals surface area (Å²) in [6.45, 7) is 4.22. The minimum atomic E-state index is -3.32. The van der Waals surface area contributed by atoms with Gasteiger partial charge in [0.2, 0.25) is 0 Å². The molecule has 0 spiro atoms. The van der Waals surface area contributed by atoms with Gasteiger partial charge in [0.1, 0.15) is 0 Å². The van der Waals surface area contributed by atoms with E-state index >= 15 is 0 Å². The molecule has 0 saturated carbocycles. The van der Waals surface area contributed by atoms with Crippen LogP contribution in [0.25, 0.3) is 0 Å². The smallest absolute Gasteiger partial charge is 0.175 e. The van der Waals surface area contributed by atoms with Crippen LogP contribution in [0.5, 0.6) is 11.5 Å². The Bertz CT molecular complexity index is 595. The van der Waals surface area contributed by atoms with Gasteiger partial charge in [0.05, 0.1) is 19.1 Å². The van der Waals surface area contributed by atoms with E-state index in [1.807, 2.05) is 0 Å². The summed E-state index contributed by atoms with van der Waals surface area (Å²) in [5, 5.41) is 3.28. The molecule has 1 saturated heterocycles. The van der Waals surface area contributed by atoms with E-state index in [2.05, 4.69) is 10.2 Å². The van der Waals surface area contributed by atoms with Crippen molar-refractivity contribution in [2.24, 2.45) is 0 Å². The van der Waals surface area contributed by atoms with Crippen molar-refractivity contribution < 1.29 is 17.9 Å². The molecule has 0 radical (unpaired) electrons. The molecule has 1 heterocycles. The summed E-state index contributed by atoms with van der Waals surface area (Å²) in [7, 11) is -0.272. The maximum absolute atomic E-state index is 12.0. The van der Waals surface area contributed by atoms with E-state index in [1.54, 1.807) is 19.2 Å². The topological polar surface area (TPSA) is 67.9 Å². The van der Waals surface area contributed by atoms with Crippen LogP contribution in [0.15, 0.2) is 17.0 Å². The molecule has 1 aliphatic heterocycles. The van der Waals surface area contributed by atoms with Gasteiger partial charge in [-0.25, -0.2) is 8.42 Å². The summed E-state index contributed by atoms with van der Waals surface area (Å²) >= 11 is 0. The zero-order chi connectivity index (χ0) is 15.5. The molecule has 0 aromatic heterocycles. The summed E-state index contributed by atoms with van der Waals surface area (Å²) < 4.78 is 34.6. The highest BCUT2D eigenvalue weighted by molar-refractivity contribution is 7.90. The second kappa shape index (κ2) is 6.64. The second-order valence-electron chi connectivity index (χ2n) is 5.11. The lowest BCUT2D eigenvalue weighted by molar-refractivity contribution is 0.231. The number of nitrogens with zero attached hydrogens (tertiary/aromatic N) is 1. The molecule has 6 nitrogen and oxygen atoms in total. The van der Waals surface area contributed by atoms with Crippen LogP contribution >= 0.6 is 0 Å². The van der Waals surface area contributed by atoms with Gasteiger partial charge in [-0.2, -0.15) is 0 Å². The fourth-order valence-electron chi connectivity index (χ4n) is 2.48. The summed E-state index contributed by atoms with van der Waals surface area (Å²) in [4.78, 5) is 2.53. The number of methoxy groups -OCH3 is 2. The van der Waals surface area contributed by atoms with Crippen LogP contribution < -0.4 is 14.8 Å². The Hall–Kier alpha value is -1.31. The van der Waals surface area contributed by atoms with E-state index in [-0.39, 0.29) is 0 Å². The average Bonchev–Trinajstić information content (AvgIpc) is 2.46.